The van der Waals surface area contributed by atoms with Crippen molar-refractivity contribution in [2.24, 2.45) is 5.73 Å². The standard InChI is InChI=1S/C14H22N2O2.ClH/c1-4-14(5-2,10-15)16-13(17)11-8-6-7-9-12(11)18-3;/h6-9H,4-5,10,15H2,1-3H3,(H,16,17);1H. The highest BCUT2D eigenvalue weighted by Crippen LogP contribution is 2.20. The SMILES string of the molecule is CCC(CC)(CN)NC(=O)c1ccccc1OC.Cl. The number of hydrogen-bond acceptors (Lipinski definition) is 3. The van der Waals surface area contributed by atoms with Gasteiger partial charge in [0.25, 0.3) is 5.91 Å². The maximum Gasteiger partial charge on any atom is 0.255 e. The van der Waals surface area contributed by atoms with E-state index in [-0.39, 0.29) is 23.9 Å². The Morgan fingerprint density at radius 3 is 2.37 bits per heavy atom. The van der Waals surface area contributed by atoms with Crippen LogP contribution in [0.15, 0.2) is 24.3 Å². The minimum absolute atomic E-state index is 0. The van der Waals surface area contributed by atoms with E-state index in [1.54, 1.807) is 19.2 Å². The van der Waals surface area contributed by atoms with Crippen molar-refractivity contribution in [3.05, 3.63) is 29.8 Å². The van der Waals surface area contributed by atoms with E-state index < -0.39 is 0 Å². The van der Waals surface area contributed by atoms with Gasteiger partial charge in [-0.2, -0.15) is 0 Å². The Morgan fingerprint density at radius 1 is 1.32 bits per heavy atom. The fourth-order valence-electron chi connectivity index (χ4n) is 1.91. The number of carbonyl (C=O) groups is 1. The number of ether oxygens (including phenoxy) is 1. The number of hydrogen-bond donors (Lipinski definition) is 2. The Kier molecular flexibility index (Phi) is 7.49. The highest BCUT2D eigenvalue weighted by Gasteiger charge is 2.27. The maximum atomic E-state index is 12.3. The lowest BCUT2D eigenvalue weighted by Gasteiger charge is -2.31. The number of carbonyl (C=O) groups excluding carboxylic acids is 1. The number of nitrogens with one attached hydrogen (secondary N) is 1. The molecule has 0 atom stereocenters. The number of benzene rings is 1. The first-order chi connectivity index (χ1) is 8.62. The van der Waals surface area contributed by atoms with Crippen molar-refractivity contribution in [3.8, 4) is 5.75 Å². The number of halogens is 1. The topological polar surface area (TPSA) is 64.3 Å². The van der Waals surface area contributed by atoms with Gasteiger partial charge in [0.15, 0.2) is 0 Å². The first kappa shape index (κ1) is 17.7. The second-order valence-electron chi connectivity index (χ2n) is 4.35. The zero-order valence-electron chi connectivity index (χ0n) is 11.7. The molecule has 4 nitrogen and oxygen atoms in total. The lowest BCUT2D eigenvalue weighted by atomic mass is 9.92. The van der Waals surface area contributed by atoms with E-state index in [4.69, 9.17) is 10.5 Å². The van der Waals surface area contributed by atoms with Gasteiger partial charge in [0.2, 0.25) is 0 Å². The summed E-state index contributed by atoms with van der Waals surface area (Å²) in [6.07, 6.45) is 1.61. The summed E-state index contributed by atoms with van der Waals surface area (Å²) in [5.74, 6) is 0.440. The molecule has 0 aliphatic heterocycles. The summed E-state index contributed by atoms with van der Waals surface area (Å²) >= 11 is 0. The molecular formula is C14H23ClN2O2. The first-order valence-electron chi connectivity index (χ1n) is 6.28. The van der Waals surface area contributed by atoms with Crippen LogP contribution in [0.3, 0.4) is 0 Å². The maximum absolute atomic E-state index is 12.3. The molecule has 0 heterocycles. The Balaban J connectivity index is 0.00000324. The Labute approximate surface area is 121 Å². The first-order valence-corrected chi connectivity index (χ1v) is 6.28. The molecule has 19 heavy (non-hydrogen) atoms. The van der Waals surface area contributed by atoms with E-state index in [1.807, 2.05) is 26.0 Å². The number of amides is 1. The molecule has 1 aromatic rings. The molecule has 0 aliphatic carbocycles. The molecule has 0 spiro atoms. The molecule has 5 heteroatoms. The Hall–Kier alpha value is -1.26. The zero-order chi connectivity index (χ0) is 13.6. The molecule has 0 radical (unpaired) electrons. The van der Waals surface area contributed by atoms with Crippen LogP contribution < -0.4 is 15.8 Å². The zero-order valence-corrected chi connectivity index (χ0v) is 12.5. The summed E-state index contributed by atoms with van der Waals surface area (Å²) in [4.78, 5) is 12.3. The minimum Gasteiger partial charge on any atom is -0.496 e. The Morgan fingerprint density at radius 2 is 1.89 bits per heavy atom. The third-order valence-electron chi connectivity index (χ3n) is 3.47. The summed E-state index contributed by atoms with van der Waals surface area (Å²) in [5, 5.41) is 3.03. The molecule has 3 N–H and O–H groups in total. The van der Waals surface area contributed by atoms with Crippen LogP contribution in [0.5, 0.6) is 5.75 Å². The van der Waals surface area contributed by atoms with Gasteiger partial charge >= 0.3 is 0 Å². The minimum atomic E-state index is -0.335. The third-order valence-corrected chi connectivity index (χ3v) is 3.47. The van der Waals surface area contributed by atoms with Gasteiger partial charge in [0.05, 0.1) is 18.2 Å². The van der Waals surface area contributed by atoms with Gasteiger partial charge in [0.1, 0.15) is 5.75 Å². The molecule has 0 fully saturated rings. The van der Waals surface area contributed by atoms with Crippen LogP contribution in [-0.2, 0) is 0 Å². The van der Waals surface area contributed by atoms with Crippen LogP contribution in [0.25, 0.3) is 0 Å². The van der Waals surface area contributed by atoms with E-state index >= 15 is 0 Å². The quantitative estimate of drug-likeness (QED) is 0.844. The molecule has 0 aromatic heterocycles. The second-order valence-corrected chi connectivity index (χ2v) is 4.35. The monoisotopic (exact) mass is 286 g/mol. The summed E-state index contributed by atoms with van der Waals surface area (Å²) < 4.78 is 5.19. The highest BCUT2D eigenvalue weighted by atomic mass is 35.5. The average Bonchev–Trinajstić information content (AvgIpc) is 2.44. The number of nitrogens with two attached hydrogens (primary N) is 1. The van der Waals surface area contributed by atoms with Crippen molar-refractivity contribution in [1.82, 2.24) is 5.32 Å². The van der Waals surface area contributed by atoms with Crippen LogP contribution >= 0.6 is 12.4 Å². The molecule has 0 saturated carbocycles. The predicted octanol–water partition coefficient (Wildman–Crippen LogP) is 2.36. The molecule has 0 unspecified atom stereocenters. The van der Waals surface area contributed by atoms with Gasteiger partial charge in [-0.3, -0.25) is 4.79 Å². The molecule has 1 aromatic carbocycles. The molecule has 0 saturated heterocycles. The third kappa shape index (κ3) is 4.11. The van der Waals surface area contributed by atoms with E-state index in [0.717, 1.165) is 12.8 Å². The van der Waals surface area contributed by atoms with Crippen LogP contribution in [0.4, 0.5) is 0 Å². The fourth-order valence-corrected chi connectivity index (χ4v) is 1.91. The van der Waals surface area contributed by atoms with Crippen LogP contribution in [0.1, 0.15) is 37.0 Å². The van der Waals surface area contributed by atoms with Crippen LogP contribution in [0.2, 0.25) is 0 Å². The van der Waals surface area contributed by atoms with Crippen molar-refractivity contribution in [1.29, 1.82) is 0 Å². The number of methoxy groups -OCH3 is 1. The second kappa shape index (κ2) is 8.02. The summed E-state index contributed by atoms with van der Waals surface area (Å²) in [5.41, 5.74) is 5.99. The van der Waals surface area contributed by atoms with Crippen molar-refractivity contribution in [3.63, 3.8) is 0 Å². The molecule has 0 bridgehead atoms. The summed E-state index contributed by atoms with van der Waals surface area (Å²) in [6.45, 7) is 4.48. The lowest BCUT2D eigenvalue weighted by molar-refractivity contribution is 0.0892. The number of para-hydroxylation sites is 1. The van der Waals surface area contributed by atoms with Gasteiger partial charge in [-0.25, -0.2) is 0 Å². The predicted molar refractivity (Wildman–Crippen MR) is 80.1 cm³/mol. The van der Waals surface area contributed by atoms with Crippen molar-refractivity contribution in [2.45, 2.75) is 32.2 Å². The van der Waals surface area contributed by atoms with Gasteiger partial charge in [-0.05, 0) is 25.0 Å². The van der Waals surface area contributed by atoms with Crippen LogP contribution in [-0.4, -0.2) is 25.1 Å². The van der Waals surface area contributed by atoms with Gasteiger partial charge in [-0.15, -0.1) is 12.4 Å². The van der Waals surface area contributed by atoms with Crippen molar-refractivity contribution >= 4 is 18.3 Å². The Bertz CT molecular complexity index is 398. The molecule has 1 amide bonds. The van der Waals surface area contributed by atoms with Gasteiger partial charge < -0.3 is 15.8 Å². The normalized spacial score (nSPS) is 10.5. The summed E-state index contributed by atoms with van der Waals surface area (Å²) in [7, 11) is 1.56. The van der Waals surface area contributed by atoms with Gasteiger partial charge in [0, 0.05) is 6.54 Å². The van der Waals surface area contributed by atoms with E-state index in [2.05, 4.69) is 5.32 Å². The number of rotatable bonds is 6. The van der Waals surface area contributed by atoms with E-state index in [0.29, 0.717) is 17.9 Å². The van der Waals surface area contributed by atoms with E-state index in [1.165, 1.54) is 0 Å². The largest absolute Gasteiger partial charge is 0.496 e. The highest BCUT2D eigenvalue weighted by molar-refractivity contribution is 5.97. The lowest BCUT2D eigenvalue weighted by Crippen LogP contribution is -2.52. The average molecular weight is 287 g/mol. The molecule has 108 valence electrons. The molecule has 0 aliphatic rings. The molecule has 1 rings (SSSR count). The summed E-state index contributed by atoms with van der Waals surface area (Å²) in [6, 6.07) is 7.18. The van der Waals surface area contributed by atoms with Crippen LogP contribution in [0, 0.1) is 0 Å². The van der Waals surface area contributed by atoms with Crippen molar-refractivity contribution in [2.75, 3.05) is 13.7 Å². The molecular weight excluding hydrogens is 264 g/mol. The fraction of sp³-hybridized carbons (Fsp3) is 0.500. The van der Waals surface area contributed by atoms with Crippen molar-refractivity contribution < 1.29 is 9.53 Å². The smallest absolute Gasteiger partial charge is 0.255 e. The van der Waals surface area contributed by atoms with E-state index in [9.17, 15) is 4.79 Å². The van der Waals surface area contributed by atoms with Gasteiger partial charge in [-0.1, -0.05) is 26.0 Å².